The highest BCUT2D eigenvalue weighted by Gasteiger charge is 2.12. The lowest BCUT2D eigenvalue weighted by Gasteiger charge is -2.08. The van der Waals surface area contributed by atoms with Crippen LogP contribution >= 0.6 is 11.6 Å². The standard InChI is InChI=1S/C17H22ClN3O3/c1-4-11(2)9-19-17(22)15-7-12(20-21-15)10-24-16-6-5-13(23-3)8-14(16)18/h5-8,11H,4,9-10H2,1-3H3,(H,19,22)(H,20,21)/t11-/m1/s1. The Morgan fingerprint density at radius 2 is 2.21 bits per heavy atom. The molecule has 0 radical (unpaired) electrons. The first-order chi connectivity index (χ1) is 11.5. The summed E-state index contributed by atoms with van der Waals surface area (Å²) in [6, 6.07) is 6.85. The van der Waals surface area contributed by atoms with E-state index in [1.54, 1.807) is 31.4 Å². The van der Waals surface area contributed by atoms with E-state index >= 15 is 0 Å². The molecule has 130 valence electrons. The minimum absolute atomic E-state index is 0.194. The maximum absolute atomic E-state index is 12.0. The number of hydrogen-bond acceptors (Lipinski definition) is 4. The zero-order valence-electron chi connectivity index (χ0n) is 14.1. The van der Waals surface area contributed by atoms with Crippen LogP contribution in [0.4, 0.5) is 0 Å². The second kappa shape index (κ2) is 8.59. The predicted octanol–water partition coefficient (Wildman–Crippen LogP) is 3.43. The van der Waals surface area contributed by atoms with Gasteiger partial charge in [0.05, 0.1) is 17.8 Å². The van der Waals surface area contributed by atoms with Gasteiger partial charge in [0.2, 0.25) is 0 Å². The summed E-state index contributed by atoms with van der Waals surface area (Å²) in [6.45, 7) is 5.04. The number of carbonyl (C=O) groups excluding carboxylic acids is 1. The van der Waals surface area contributed by atoms with Crippen molar-refractivity contribution in [3.05, 3.63) is 40.7 Å². The minimum Gasteiger partial charge on any atom is -0.497 e. The van der Waals surface area contributed by atoms with Crippen molar-refractivity contribution in [3.63, 3.8) is 0 Å². The van der Waals surface area contributed by atoms with Gasteiger partial charge >= 0.3 is 0 Å². The molecule has 0 saturated heterocycles. The number of nitrogens with zero attached hydrogens (tertiary/aromatic N) is 1. The Kier molecular flexibility index (Phi) is 6.49. The average molecular weight is 352 g/mol. The molecule has 0 unspecified atom stereocenters. The molecule has 24 heavy (non-hydrogen) atoms. The van der Waals surface area contributed by atoms with E-state index in [9.17, 15) is 4.79 Å². The summed E-state index contributed by atoms with van der Waals surface area (Å²) >= 11 is 6.12. The first-order valence-electron chi connectivity index (χ1n) is 7.82. The molecular weight excluding hydrogens is 330 g/mol. The Balaban J connectivity index is 1.90. The summed E-state index contributed by atoms with van der Waals surface area (Å²) in [5.41, 5.74) is 1.04. The van der Waals surface area contributed by atoms with E-state index in [0.29, 0.717) is 40.4 Å². The Morgan fingerprint density at radius 3 is 2.88 bits per heavy atom. The van der Waals surface area contributed by atoms with Crippen molar-refractivity contribution in [3.8, 4) is 11.5 Å². The fraction of sp³-hybridized carbons (Fsp3) is 0.412. The van der Waals surface area contributed by atoms with E-state index in [1.807, 2.05) is 0 Å². The Hall–Kier alpha value is -2.21. The third kappa shape index (κ3) is 4.89. The van der Waals surface area contributed by atoms with Crippen LogP contribution in [0.25, 0.3) is 0 Å². The normalized spacial score (nSPS) is 11.8. The number of methoxy groups -OCH3 is 1. The summed E-state index contributed by atoms with van der Waals surface area (Å²) < 4.78 is 10.7. The van der Waals surface area contributed by atoms with Crippen molar-refractivity contribution in [2.75, 3.05) is 13.7 Å². The summed E-state index contributed by atoms with van der Waals surface area (Å²) in [5, 5.41) is 10.1. The van der Waals surface area contributed by atoms with Crippen LogP contribution in [0.1, 0.15) is 36.5 Å². The van der Waals surface area contributed by atoms with Crippen LogP contribution in [-0.2, 0) is 6.61 Å². The van der Waals surface area contributed by atoms with E-state index in [1.165, 1.54) is 0 Å². The number of hydrogen-bond donors (Lipinski definition) is 2. The molecule has 1 aromatic carbocycles. The molecule has 0 fully saturated rings. The number of aromatic amines is 1. The predicted molar refractivity (Wildman–Crippen MR) is 92.7 cm³/mol. The summed E-state index contributed by atoms with van der Waals surface area (Å²) in [5.74, 6) is 1.44. The molecule has 7 heteroatoms. The highest BCUT2D eigenvalue weighted by atomic mass is 35.5. The second-order valence-corrected chi connectivity index (χ2v) is 5.99. The molecule has 1 heterocycles. The van der Waals surface area contributed by atoms with Crippen molar-refractivity contribution in [1.29, 1.82) is 0 Å². The van der Waals surface area contributed by atoms with Crippen LogP contribution in [0.2, 0.25) is 5.02 Å². The van der Waals surface area contributed by atoms with Crippen LogP contribution in [0.3, 0.4) is 0 Å². The van der Waals surface area contributed by atoms with Gasteiger partial charge in [-0.3, -0.25) is 9.89 Å². The number of nitrogens with one attached hydrogen (secondary N) is 2. The van der Waals surface area contributed by atoms with Gasteiger partial charge in [0, 0.05) is 12.6 Å². The lowest BCUT2D eigenvalue weighted by atomic mass is 10.1. The second-order valence-electron chi connectivity index (χ2n) is 5.59. The van der Waals surface area contributed by atoms with Crippen LogP contribution in [-0.4, -0.2) is 29.8 Å². The van der Waals surface area contributed by atoms with Gasteiger partial charge in [-0.15, -0.1) is 0 Å². The maximum atomic E-state index is 12.0. The van der Waals surface area contributed by atoms with Gasteiger partial charge in [-0.2, -0.15) is 5.10 Å². The molecular formula is C17H22ClN3O3. The number of amides is 1. The van der Waals surface area contributed by atoms with Crippen LogP contribution in [0.5, 0.6) is 11.5 Å². The number of H-pyrrole nitrogens is 1. The maximum Gasteiger partial charge on any atom is 0.271 e. The van der Waals surface area contributed by atoms with Crippen molar-refractivity contribution < 1.29 is 14.3 Å². The van der Waals surface area contributed by atoms with E-state index in [-0.39, 0.29) is 12.5 Å². The number of halogens is 1. The quantitative estimate of drug-likeness (QED) is 0.764. The van der Waals surface area contributed by atoms with Gasteiger partial charge in [0.25, 0.3) is 5.91 Å². The molecule has 2 N–H and O–H groups in total. The lowest BCUT2D eigenvalue weighted by molar-refractivity contribution is 0.0943. The van der Waals surface area contributed by atoms with E-state index in [2.05, 4.69) is 29.4 Å². The highest BCUT2D eigenvalue weighted by molar-refractivity contribution is 6.32. The average Bonchev–Trinajstić information content (AvgIpc) is 3.07. The fourth-order valence-electron chi connectivity index (χ4n) is 1.93. The van der Waals surface area contributed by atoms with Crippen molar-refractivity contribution in [1.82, 2.24) is 15.5 Å². The van der Waals surface area contributed by atoms with E-state index < -0.39 is 0 Å². The monoisotopic (exact) mass is 351 g/mol. The molecule has 0 saturated carbocycles. The molecule has 0 aliphatic rings. The SMILES string of the molecule is CC[C@@H](C)CNC(=O)c1cc(COc2ccc(OC)cc2Cl)[nH]n1. The zero-order valence-corrected chi connectivity index (χ0v) is 14.8. The molecule has 1 aromatic heterocycles. The topological polar surface area (TPSA) is 76.2 Å². The molecule has 1 atom stereocenters. The van der Waals surface area contributed by atoms with Gasteiger partial charge in [0.1, 0.15) is 23.8 Å². The van der Waals surface area contributed by atoms with Crippen molar-refractivity contribution in [2.45, 2.75) is 26.9 Å². The molecule has 0 bridgehead atoms. The lowest BCUT2D eigenvalue weighted by Crippen LogP contribution is -2.28. The van der Waals surface area contributed by atoms with Gasteiger partial charge in [-0.25, -0.2) is 0 Å². The number of ether oxygens (including phenoxy) is 2. The summed E-state index contributed by atoms with van der Waals surface area (Å²) in [4.78, 5) is 12.0. The molecule has 2 aromatic rings. The van der Waals surface area contributed by atoms with Gasteiger partial charge in [-0.05, 0) is 24.1 Å². The summed E-state index contributed by atoms with van der Waals surface area (Å²) in [7, 11) is 1.57. The first-order valence-corrected chi connectivity index (χ1v) is 8.20. The van der Waals surface area contributed by atoms with E-state index in [4.69, 9.17) is 21.1 Å². The summed E-state index contributed by atoms with van der Waals surface area (Å²) in [6.07, 6.45) is 1.02. The molecule has 1 amide bonds. The van der Waals surface area contributed by atoms with Crippen molar-refractivity contribution >= 4 is 17.5 Å². The number of rotatable bonds is 8. The third-order valence-electron chi connectivity index (χ3n) is 3.69. The Labute approximate surface area is 146 Å². The van der Waals surface area contributed by atoms with Gasteiger partial charge in [0.15, 0.2) is 0 Å². The molecule has 0 spiro atoms. The van der Waals surface area contributed by atoms with Crippen LogP contribution < -0.4 is 14.8 Å². The number of benzene rings is 1. The van der Waals surface area contributed by atoms with E-state index in [0.717, 1.165) is 6.42 Å². The largest absolute Gasteiger partial charge is 0.497 e. The Morgan fingerprint density at radius 1 is 1.42 bits per heavy atom. The molecule has 2 rings (SSSR count). The van der Waals surface area contributed by atoms with Crippen molar-refractivity contribution in [2.24, 2.45) is 5.92 Å². The minimum atomic E-state index is -0.194. The molecule has 0 aliphatic heterocycles. The smallest absolute Gasteiger partial charge is 0.271 e. The molecule has 0 aliphatic carbocycles. The van der Waals surface area contributed by atoms with Crippen LogP contribution in [0, 0.1) is 5.92 Å². The van der Waals surface area contributed by atoms with Gasteiger partial charge < -0.3 is 14.8 Å². The third-order valence-corrected chi connectivity index (χ3v) is 3.99. The molecule has 6 nitrogen and oxygen atoms in total. The zero-order chi connectivity index (χ0) is 17.5. The Bertz CT molecular complexity index is 687. The van der Waals surface area contributed by atoms with Gasteiger partial charge in [-0.1, -0.05) is 31.9 Å². The first kappa shape index (κ1) is 18.1. The highest BCUT2D eigenvalue weighted by Crippen LogP contribution is 2.29. The fourth-order valence-corrected chi connectivity index (χ4v) is 2.16. The number of aromatic nitrogens is 2. The van der Waals surface area contributed by atoms with Crippen LogP contribution in [0.15, 0.2) is 24.3 Å². The number of carbonyl (C=O) groups is 1.